The minimum absolute atomic E-state index is 0. The van der Waals surface area contributed by atoms with Crippen LogP contribution in [0.2, 0.25) is 0 Å². The highest BCUT2D eigenvalue weighted by molar-refractivity contribution is 14.0. The second-order valence-electron chi connectivity index (χ2n) is 6.23. The molecule has 0 spiro atoms. The summed E-state index contributed by atoms with van der Waals surface area (Å²) in [5.74, 6) is 2.55. The van der Waals surface area contributed by atoms with E-state index in [2.05, 4.69) is 15.6 Å². The topological polar surface area (TPSA) is 79.8 Å². The van der Waals surface area contributed by atoms with Gasteiger partial charge in [-0.1, -0.05) is 30.3 Å². The Labute approximate surface area is 177 Å². The summed E-state index contributed by atoms with van der Waals surface area (Å²) >= 11 is 0. The van der Waals surface area contributed by atoms with E-state index in [1.807, 2.05) is 54.6 Å². The number of para-hydroxylation sites is 1. The predicted molar refractivity (Wildman–Crippen MR) is 119 cm³/mol. The zero-order chi connectivity index (χ0) is 18.4. The minimum atomic E-state index is -2.91. The highest BCUT2D eigenvalue weighted by Gasteiger charge is 2.28. The molecule has 2 N–H and O–H groups in total. The van der Waals surface area contributed by atoms with Crippen LogP contribution in [0.4, 0.5) is 0 Å². The molecule has 1 unspecified atom stereocenters. The molecule has 8 heteroatoms. The summed E-state index contributed by atoms with van der Waals surface area (Å²) in [7, 11) is -1.24. The molecule has 0 bridgehead atoms. The number of sulfone groups is 1. The van der Waals surface area contributed by atoms with Crippen molar-refractivity contribution < 1.29 is 13.2 Å². The monoisotopic (exact) mass is 501 g/mol. The smallest absolute Gasteiger partial charge is 0.191 e. The van der Waals surface area contributed by atoms with Crippen molar-refractivity contribution in [3.63, 3.8) is 0 Å². The number of halogens is 1. The summed E-state index contributed by atoms with van der Waals surface area (Å²) in [4.78, 5) is 4.17. The van der Waals surface area contributed by atoms with Gasteiger partial charge in [0.1, 0.15) is 11.5 Å². The Hall–Kier alpha value is -1.81. The van der Waals surface area contributed by atoms with Crippen LogP contribution in [0, 0.1) is 0 Å². The molecule has 0 aliphatic carbocycles. The molecule has 6 nitrogen and oxygen atoms in total. The highest BCUT2D eigenvalue weighted by Crippen LogP contribution is 2.21. The van der Waals surface area contributed by atoms with Crippen molar-refractivity contribution in [2.75, 3.05) is 18.6 Å². The van der Waals surface area contributed by atoms with Crippen LogP contribution in [-0.4, -0.2) is 39.0 Å². The Morgan fingerprint density at radius 3 is 2.56 bits per heavy atom. The van der Waals surface area contributed by atoms with Gasteiger partial charge >= 0.3 is 0 Å². The van der Waals surface area contributed by atoms with E-state index >= 15 is 0 Å². The lowest BCUT2D eigenvalue weighted by Gasteiger charge is -2.16. The van der Waals surface area contributed by atoms with Gasteiger partial charge in [-0.25, -0.2) is 8.42 Å². The molecule has 1 aliphatic rings. The molecule has 1 aliphatic heterocycles. The zero-order valence-electron chi connectivity index (χ0n) is 15.1. The van der Waals surface area contributed by atoms with E-state index in [0.717, 1.165) is 17.1 Å². The second-order valence-corrected chi connectivity index (χ2v) is 8.46. The number of hydrogen-bond donors (Lipinski definition) is 2. The Kier molecular flexibility index (Phi) is 7.91. The lowest BCUT2D eigenvalue weighted by Crippen LogP contribution is -2.43. The third-order valence-electron chi connectivity index (χ3n) is 4.13. The molecule has 1 saturated heterocycles. The number of ether oxygens (including phenoxy) is 1. The molecule has 3 rings (SSSR count). The molecular formula is C19H24IN3O3S. The quantitative estimate of drug-likeness (QED) is 0.374. The number of guanidine groups is 1. The molecule has 0 aromatic heterocycles. The van der Waals surface area contributed by atoms with Crippen molar-refractivity contribution in [1.82, 2.24) is 10.6 Å². The first-order valence-corrected chi connectivity index (χ1v) is 10.4. The van der Waals surface area contributed by atoms with Crippen LogP contribution in [0.25, 0.3) is 0 Å². The van der Waals surface area contributed by atoms with Crippen LogP contribution >= 0.6 is 24.0 Å². The average molecular weight is 501 g/mol. The Balaban J connectivity index is 0.00000261. The third-order valence-corrected chi connectivity index (χ3v) is 5.90. The van der Waals surface area contributed by atoms with Crippen LogP contribution in [0.5, 0.6) is 11.5 Å². The van der Waals surface area contributed by atoms with Gasteiger partial charge < -0.3 is 15.4 Å². The fourth-order valence-electron chi connectivity index (χ4n) is 2.83. The number of rotatable bonds is 5. The van der Waals surface area contributed by atoms with Crippen LogP contribution in [0.1, 0.15) is 12.0 Å². The summed E-state index contributed by atoms with van der Waals surface area (Å²) in [6.07, 6.45) is 0.615. The molecule has 2 aromatic rings. The summed E-state index contributed by atoms with van der Waals surface area (Å²) in [5.41, 5.74) is 1.04. The van der Waals surface area contributed by atoms with Gasteiger partial charge in [-0.3, -0.25) is 4.99 Å². The van der Waals surface area contributed by atoms with Crippen molar-refractivity contribution in [3.8, 4) is 11.5 Å². The van der Waals surface area contributed by atoms with E-state index in [1.54, 1.807) is 7.05 Å². The molecule has 1 heterocycles. The van der Waals surface area contributed by atoms with Gasteiger partial charge in [0.05, 0.1) is 11.5 Å². The van der Waals surface area contributed by atoms with Crippen LogP contribution in [0.3, 0.4) is 0 Å². The third kappa shape index (κ3) is 6.69. The summed E-state index contributed by atoms with van der Waals surface area (Å²) in [6, 6.07) is 17.4. The van der Waals surface area contributed by atoms with Crippen molar-refractivity contribution in [1.29, 1.82) is 0 Å². The van der Waals surface area contributed by atoms with Gasteiger partial charge in [-0.15, -0.1) is 24.0 Å². The lowest BCUT2D eigenvalue weighted by molar-refractivity contribution is 0.482. The van der Waals surface area contributed by atoms with E-state index < -0.39 is 9.84 Å². The van der Waals surface area contributed by atoms with E-state index in [9.17, 15) is 8.42 Å². The molecule has 1 atom stereocenters. The van der Waals surface area contributed by atoms with Gasteiger partial charge in [0.15, 0.2) is 15.8 Å². The zero-order valence-corrected chi connectivity index (χ0v) is 18.2. The van der Waals surface area contributed by atoms with Crippen LogP contribution < -0.4 is 15.4 Å². The molecular weight excluding hydrogens is 477 g/mol. The molecule has 0 amide bonds. The van der Waals surface area contributed by atoms with E-state index in [4.69, 9.17) is 4.74 Å². The van der Waals surface area contributed by atoms with E-state index in [0.29, 0.717) is 18.9 Å². The predicted octanol–water partition coefficient (Wildman–Crippen LogP) is 2.95. The average Bonchev–Trinajstić information content (AvgIpc) is 2.98. The first-order valence-electron chi connectivity index (χ1n) is 8.53. The van der Waals surface area contributed by atoms with Gasteiger partial charge in [0.2, 0.25) is 0 Å². The van der Waals surface area contributed by atoms with Crippen molar-refractivity contribution in [3.05, 3.63) is 60.2 Å². The van der Waals surface area contributed by atoms with Crippen molar-refractivity contribution in [2.45, 2.75) is 19.0 Å². The Morgan fingerprint density at radius 2 is 1.89 bits per heavy atom. The van der Waals surface area contributed by atoms with E-state index in [1.165, 1.54) is 0 Å². The van der Waals surface area contributed by atoms with E-state index in [-0.39, 0.29) is 41.5 Å². The molecule has 0 radical (unpaired) electrons. The normalized spacial score (nSPS) is 18.4. The standard InChI is InChI=1S/C19H23N3O3S.HI/c1-20-19(22-16-10-11-26(23,24)14-16)21-13-15-6-5-9-18(12-15)25-17-7-3-2-4-8-17;/h2-9,12,16H,10-11,13-14H2,1H3,(H2,20,21,22);1H. The summed E-state index contributed by atoms with van der Waals surface area (Å²) < 4.78 is 29.0. The first kappa shape index (κ1) is 21.5. The molecule has 1 fully saturated rings. The number of aliphatic imine (C=N–C) groups is 1. The summed E-state index contributed by atoms with van der Waals surface area (Å²) in [5, 5.41) is 6.39. The Morgan fingerprint density at radius 1 is 1.15 bits per heavy atom. The fraction of sp³-hybridized carbons (Fsp3) is 0.316. The molecule has 146 valence electrons. The largest absolute Gasteiger partial charge is 0.457 e. The number of nitrogens with zero attached hydrogens (tertiary/aromatic N) is 1. The van der Waals surface area contributed by atoms with Crippen molar-refractivity contribution >= 4 is 39.8 Å². The minimum Gasteiger partial charge on any atom is -0.457 e. The maximum absolute atomic E-state index is 11.6. The summed E-state index contributed by atoms with van der Waals surface area (Å²) in [6.45, 7) is 0.561. The molecule has 0 saturated carbocycles. The van der Waals surface area contributed by atoms with Crippen LogP contribution in [-0.2, 0) is 16.4 Å². The first-order chi connectivity index (χ1) is 12.5. The van der Waals surface area contributed by atoms with Crippen molar-refractivity contribution in [2.24, 2.45) is 4.99 Å². The second kappa shape index (κ2) is 9.93. The number of benzene rings is 2. The molecule has 2 aromatic carbocycles. The maximum Gasteiger partial charge on any atom is 0.191 e. The highest BCUT2D eigenvalue weighted by atomic mass is 127. The lowest BCUT2D eigenvalue weighted by atomic mass is 10.2. The fourth-order valence-corrected chi connectivity index (χ4v) is 4.50. The van der Waals surface area contributed by atoms with Gasteiger partial charge in [0.25, 0.3) is 0 Å². The SMILES string of the molecule is CN=C(NCc1cccc(Oc2ccccc2)c1)NC1CCS(=O)(=O)C1.I. The Bertz CT molecular complexity index is 873. The van der Waals surface area contributed by atoms with Gasteiger partial charge in [-0.05, 0) is 36.2 Å². The number of hydrogen-bond acceptors (Lipinski definition) is 4. The van der Waals surface area contributed by atoms with Gasteiger partial charge in [-0.2, -0.15) is 0 Å². The molecule has 27 heavy (non-hydrogen) atoms. The maximum atomic E-state index is 11.6. The van der Waals surface area contributed by atoms with Gasteiger partial charge in [0, 0.05) is 19.6 Å². The number of nitrogens with one attached hydrogen (secondary N) is 2. The van der Waals surface area contributed by atoms with Crippen LogP contribution in [0.15, 0.2) is 59.6 Å².